The van der Waals surface area contributed by atoms with Crippen molar-refractivity contribution in [3.8, 4) is 6.07 Å². The number of rotatable bonds is 5. The van der Waals surface area contributed by atoms with E-state index in [1.807, 2.05) is 6.92 Å². The molecule has 4 nitrogen and oxygen atoms in total. The zero-order valence-electron chi connectivity index (χ0n) is 11.2. The van der Waals surface area contributed by atoms with Crippen LogP contribution in [0, 0.1) is 16.7 Å². The van der Waals surface area contributed by atoms with Gasteiger partial charge in [-0.25, -0.2) is 0 Å². The van der Waals surface area contributed by atoms with Gasteiger partial charge in [-0.05, 0) is 18.3 Å². The van der Waals surface area contributed by atoms with Crippen LogP contribution in [-0.2, 0) is 6.42 Å². The fourth-order valence-corrected chi connectivity index (χ4v) is 1.46. The van der Waals surface area contributed by atoms with Gasteiger partial charge < -0.3 is 4.52 Å². The summed E-state index contributed by atoms with van der Waals surface area (Å²) >= 11 is 0. The number of nitrogens with zero attached hydrogens (tertiary/aromatic N) is 3. The molecular formula is C13H21N3O. The molecule has 1 rings (SSSR count). The lowest BCUT2D eigenvalue weighted by molar-refractivity contribution is 0.342. The van der Waals surface area contributed by atoms with Crippen molar-refractivity contribution in [3.63, 3.8) is 0 Å². The Labute approximate surface area is 103 Å². The molecule has 17 heavy (non-hydrogen) atoms. The van der Waals surface area contributed by atoms with E-state index in [1.54, 1.807) is 0 Å². The van der Waals surface area contributed by atoms with Crippen molar-refractivity contribution in [3.05, 3.63) is 11.7 Å². The SMILES string of the molecule is CC(CCC#N)c1nc(CCC(C)(C)C)no1. The predicted molar refractivity (Wildman–Crippen MR) is 65.3 cm³/mol. The third-order valence-corrected chi connectivity index (χ3v) is 2.69. The quantitative estimate of drug-likeness (QED) is 0.784. The van der Waals surface area contributed by atoms with E-state index in [2.05, 4.69) is 37.0 Å². The summed E-state index contributed by atoms with van der Waals surface area (Å²) in [5, 5.41) is 12.5. The van der Waals surface area contributed by atoms with Gasteiger partial charge in [-0.2, -0.15) is 10.2 Å². The molecule has 0 spiro atoms. The Hall–Kier alpha value is -1.37. The minimum atomic E-state index is 0.172. The number of aromatic nitrogens is 2. The van der Waals surface area contributed by atoms with Gasteiger partial charge in [0.15, 0.2) is 5.82 Å². The molecule has 0 fully saturated rings. The number of nitriles is 1. The standard InChI is InChI=1S/C13H21N3O/c1-10(6-5-9-14)12-15-11(16-17-12)7-8-13(2,3)4/h10H,5-8H2,1-4H3. The Morgan fingerprint density at radius 2 is 2.12 bits per heavy atom. The van der Waals surface area contributed by atoms with Crippen molar-refractivity contribution in [1.82, 2.24) is 10.1 Å². The zero-order valence-corrected chi connectivity index (χ0v) is 11.2. The van der Waals surface area contributed by atoms with Crippen LogP contribution < -0.4 is 0 Å². The minimum absolute atomic E-state index is 0.172. The summed E-state index contributed by atoms with van der Waals surface area (Å²) in [4.78, 5) is 4.38. The van der Waals surface area contributed by atoms with Crippen molar-refractivity contribution in [2.45, 2.75) is 59.3 Å². The maximum Gasteiger partial charge on any atom is 0.229 e. The van der Waals surface area contributed by atoms with Crippen LogP contribution in [0.2, 0.25) is 0 Å². The molecule has 0 bridgehead atoms. The summed E-state index contributed by atoms with van der Waals surface area (Å²) < 4.78 is 5.22. The van der Waals surface area contributed by atoms with Crippen molar-refractivity contribution in [2.75, 3.05) is 0 Å². The summed E-state index contributed by atoms with van der Waals surface area (Å²) in [7, 11) is 0. The Balaban J connectivity index is 2.51. The van der Waals surface area contributed by atoms with Crippen LogP contribution in [0.3, 0.4) is 0 Å². The van der Waals surface area contributed by atoms with Crippen molar-refractivity contribution < 1.29 is 4.52 Å². The first kappa shape index (κ1) is 13.7. The third-order valence-electron chi connectivity index (χ3n) is 2.69. The van der Waals surface area contributed by atoms with E-state index in [9.17, 15) is 0 Å². The summed E-state index contributed by atoms with van der Waals surface area (Å²) in [6, 6.07) is 2.13. The van der Waals surface area contributed by atoms with Gasteiger partial charge in [-0.3, -0.25) is 0 Å². The molecule has 0 saturated carbocycles. The highest BCUT2D eigenvalue weighted by Crippen LogP contribution is 2.22. The molecule has 0 aromatic carbocycles. The molecule has 0 saturated heterocycles. The van der Waals surface area contributed by atoms with E-state index in [4.69, 9.17) is 9.78 Å². The van der Waals surface area contributed by atoms with Crippen molar-refractivity contribution in [2.24, 2.45) is 5.41 Å². The lowest BCUT2D eigenvalue weighted by Crippen LogP contribution is -2.07. The highest BCUT2D eigenvalue weighted by molar-refractivity contribution is 4.94. The highest BCUT2D eigenvalue weighted by Gasteiger charge is 2.16. The number of hydrogen-bond donors (Lipinski definition) is 0. The van der Waals surface area contributed by atoms with E-state index in [1.165, 1.54) is 0 Å². The zero-order chi connectivity index (χ0) is 12.9. The Kier molecular flexibility index (Phi) is 4.68. The van der Waals surface area contributed by atoms with Gasteiger partial charge in [-0.15, -0.1) is 0 Å². The van der Waals surface area contributed by atoms with E-state index in [-0.39, 0.29) is 11.3 Å². The topological polar surface area (TPSA) is 62.7 Å². The third kappa shape index (κ3) is 4.99. The Morgan fingerprint density at radius 3 is 2.71 bits per heavy atom. The van der Waals surface area contributed by atoms with E-state index in [0.717, 1.165) is 25.1 Å². The summed E-state index contributed by atoms with van der Waals surface area (Å²) in [5.74, 6) is 1.61. The maximum absolute atomic E-state index is 8.52. The molecule has 0 amide bonds. The lowest BCUT2D eigenvalue weighted by atomic mass is 9.90. The average molecular weight is 235 g/mol. The molecular weight excluding hydrogens is 214 g/mol. The molecule has 1 unspecified atom stereocenters. The molecule has 4 heteroatoms. The van der Waals surface area contributed by atoms with E-state index in [0.29, 0.717) is 12.3 Å². The molecule has 1 aromatic rings. The monoisotopic (exact) mass is 235 g/mol. The Morgan fingerprint density at radius 1 is 1.41 bits per heavy atom. The molecule has 0 aliphatic heterocycles. The molecule has 1 atom stereocenters. The molecule has 94 valence electrons. The van der Waals surface area contributed by atoms with Gasteiger partial charge in [0.25, 0.3) is 0 Å². The van der Waals surface area contributed by atoms with Gasteiger partial charge in [-0.1, -0.05) is 32.9 Å². The van der Waals surface area contributed by atoms with Gasteiger partial charge in [0.05, 0.1) is 6.07 Å². The van der Waals surface area contributed by atoms with E-state index < -0.39 is 0 Å². The van der Waals surface area contributed by atoms with Crippen LogP contribution in [0.1, 0.15) is 64.6 Å². The maximum atomic E-state index is 8.52. The number of aryl methyl sites for hydroxylation is 1. The molecule has 0 N–H and O–H groups in total. The first-order valence-electron chi connectivity index (χ1n) is 6.12. The van der Waals surface area contributed by atoms with Crippen molar-refractivity contribution in [1.29, 1.82) is 5.26 Å². The first-order chi connectivity index (χ1) is 7.92. The summed E-state index contributed by atoms with van der Waals surface area (Å²) in [6.07, 6.45) is 3.19. The first-order valence-corrected chi connectivity index (χ1v) is 6.12. The van der Waals surface area contributed by atoms with Crippen LogP contribution in [-0.4, -0.2) is 10.1 Å². The van der Waals surface area contributed by atoms with Crippen LogP contribution >= 0.6 is 0 Å². The van der Waals surface area contributed by atoms with Crippen LogP contribution in [0.25, 0.3) is 0 Å². The molecule has 1 heterocycles. The summed E-state index contributed by atoms with van der Waals surface area (Å²) in [6.45, 7) is 8.61. The second-order valence-electron chi connectivity index (χ2n) is 5.71. The second-order valence-corrected chi connectivity index (χ2v) is 5.71. The van der Waals surface area contributed by atoms with Gasteiger partial charge in [0.2, 0.25) is 5.89 Å². The Bertz CT molecular complexity index is 384. The van der Waals surface area contributed by atoms with Crippen LogP contribution in [0.15, 0.2) is 4.52 Å². The van der Waals surface area contributed by atoms with Gasteiger partial charge in [0, 0.05) is 18.8 Å². The normalized spacial score (nSPS) is 13.4. The predicted octanol–water partition coefficient (Wildman–Crippen LogP) is 3.46. The van der Waals surface area contributed by atoms with Gasteiger partial charge in [0.1, 0.15) is 0 Å². The van der Waals surface area contributed by atoms with Gasteiger partial charge >= 0.3 is 0 Å². The van der Waals surface area contributed by atoms with Crippen LogP contribution in [0.4, 0.5) is 0 Å². The fourth-order valence-electron chi connectivity index (χ4n) is 1.46. The van der Waals surface area contributed by atoms with Crippen molar-refractivity contribution >= 4 is 0 Å². The highest BCUT2D eigenvalue weighted by atomic mass is 16.5. The second kappa shape index (κ2) is 5.81. The smallest absolute Gasteiger partial charge is 0.229 e. The number of hydrogen-bond acceptors (Lipinski definition) is 4. The molecule has 0 aliphatic carbocycles. The fraction of sp³-hybridized carbons (Fsp3) is 0.769. The molecule has 0 radical (unpaired) electrons. The lowest BCUT2D eigenvalue weighted by Gasteiger charge is -2.15. The molecule has 1 aromatic heterocycles. The largest absolute Gasteiger partial charge is 0.339 e. The average Bonchev–Trinajstić information content (AvgIpc) is 2.70. The minimum Gasteiger partial charge on any atom is -0.339 e. The molecule has 0 aliphatic rings. The van der Waals surface area contributed by atoms with Crippen LogP contribution in [0.5, 0.6) is 0 Å². The van der Waals surface area contributed by atoms with E-state index >= 15 is 0 Å². The summed E-state index contributed by atoms with van der Waals surface area (Å²) in [5.41, 5.74) is 0.285.